The van der Waals surface area contributed by atoms with Gasteiger partial charge in [0.2, 0.25) is 0 Å². The van der Waals surface area contributed by atoms with Crippen molar-refractivity contribution in [3.8, 4) is 0 Å². The van der Waals surface area contributed by atoms with Crippen molar-refractivity contribution < 1.29 is 10.0 Å². The number of hydrogen-bond donors (Lipinski definition) is 2. The molecule has 0 aliphatic rings. The maximum Gasteiger partial charge on any atom is 0.455 e. The number of rotatable bonds is 2. The molecule has 0 fully saturated rings. The van der Waals surface area contributed by atoms with Crippen LogP contribution < -0.4 is 0 Å². The maximum absolute atomic E-state index is 8.19. The summed E-state index contributed by atoms with van der Waals surface area (Å²) >= 11 is 0. The van der Waals surface area contributed by atoms with Crippen molar-refractivity contribution in [2.45, 2.75) is 13.2 Å². The minimum Gasteiger partial charge on any atom is -0.427 e. The Labute approximate surface area is 43.6 Å². The van der Waals surface area contributed by atoms with E-state index < -0.39 is 7.12 Å². The van der Waals surface area contributed by atoms with Crippen LogP contribution in [0.4, 0.5) is 0 Å². The highest BCUT2D eigenvalue weighted by molar-refractivity contribution is 6.41. The van der Waals surface area contributed by atoms with Crippen LogP contribution in [0.25, 0.3) is 0 Å². The van der Waals surface area contributed by atoms with Gasteiger partial charge in [0, 0.05) is 0 Å². The molecule has 2 N–H and O–H groups in total. The fourth-order valence-electron chi connectivity index (χ4n) is 0.258. The molecule has 0 saturated carbocycles. The Balaban J connectivity index is 2.97. The first-order valence-electron chi connectivity index (χ1n) is 2.24. The standard InChI is InChI=1S/C4H9BO2/c1-2-3-4-5(6)7/h2-3,6-7H,4H2,1H3. The third-order valence-electron chi connectivity index (χ3n) is 0.583. The van der Waals surface area contributed by atoms with Crippen molar-refractivity contribution in [3.05, 3.63) is 12.2 Å². The van der Waals surface area contributed by atoms with Crippen LogP contribution >= 0.6 is 0 Å². The van der Waals surface area contributed by atoms with E-state index in [1.807, 2.05) is 6.92 Å². The highest BCUT2D eigenvalue weighted by Crippen LogP contribution is 1.83. The lowest BCUT2D eigenvalue weighted by Gasteiger charge is -1.85. The Morgan fingerprint density at radius 3 is 2.29 bits per heavy atom. The van der Waals surface area contributed by atoms with Crippen molar-refractivity contribution in [3.63, 3.8) is 0 Å². The van der Waals surface area contributed by atoms with Gasteiger partial charge in [0.25, 0.3) is 0 Å². The quantitative estimate of drug-likeness (QED) is 0.379. The molecule has 0 atom stereocenters. The topological polar surface area (TPSA) is 40.5 Å². The Morgan fingerprint density at radius 2 is 2.14 bits per heavy atom. The van der Waals surface area contributed by atoms with Gasteiger partial charge in [-0.05, 0) is 13.2 Å². The van der Waals surface area contributed by atoms with Crippen LogP contribution in [0.15, 0.2) is 12.2 Å². The Morgan fingerprint density at radius 1 is 1.57 bits per heavy atom. The zero-order valence-electron chi connectivity index (χ0n) is 4.33. The smallest absolute Gasteiger partial charge is 0.427 e. The maximum atomic E-state index is 8.19. The van der Waals surface area contributed by atoms with Crippen molar-refractivity contribution in [2.24, 2.45) is 0 Å². The van der Waals surface area contributed by atoms with E-state index in [0.29, 0.717) is 6.32 Å². The fourth-order valence-corrected chi connectivity index (χ4v) is 0.258. The van der Waals surface area contributed by atoms with Gasteiger partial charge in [-0.2, -0.15) is 0 Å². The average molecular weight is 99.9 g/mol. The Kier molecular flexibility index (Phi) is 3.75. The Bertz CT molecular complexity index is 60.7. The molecule has 0 rings (SSSR count). The molecule has 0 amide bonds. The van der Waals surface area contributed by atoms with Gasteiger partial charge < -0.3 is 10.0 Å². The van der Waals surface area contributed by atoms with Crippen LogP contribution in [-0.2, 0) is 0 Å². The summed E-state index contributed by atoms with van der Waals surface area (Å²) < 4.78 is 0. The van der Waals surface area contributed by atoms with E-state index in [4.69, 9.17) is 10.0 Å². The highest BCUT2D eigenvalue weighted by atomic mass is 16.4. The molecule has 0 radical (unpaired) electrons. The fraction of sp³-hybridized carbons (Fsp3) is 0.500. The molecule has 0 aromatic rings. The van der Waals surface area contributed by atoms with Gasteiger partial charge in [0.05, 0.1) is 0 Å². The molecule has 0 bridgehead atoms. The van der Waals surface area contributed by atoms with E-state index in [9.17, 15) is 0 Å². The molecule has 0 aliphatic carbocycles. The van der Waals surface area contributed by atoms with Gasteiger partial charge in [-0.3, -0.25) is 0 Å². The van der Waals surface area contributed by atoms with Gasteiger partial charge in [-0.15, -0.1) is 0 Å². The van der Waals surface area contributed by atoms with Crippen LogP contribution in [0.5, 0.6) is 0 Å². The van der Waals surface area contributed by atoms with E-state index in [1.54, 1.807) is 12.2 Å². The lowest BCUT2D eigenvalue weighted by Crippen LogP contribution is -2.07. The SMILES string of the molecule is CC=CCB(O)O. The van der Waals surface area contributed by atoms with E-state index in [-0.39, 0.29) is 0 Å². The molecule has 7 heavy (non-hydrogen) atoms. The molecule has 3 heteroatoms. The minimum absolute atomic E-state index is 0.330. The molecule has 40 valence electrons. The molecule has 0 spiro atoms. The predicted octanol–water partition coefficient (Wildman–Crippen LogP) is 0.0353. The first-order chi connectivity index (χ1) is 3.27. The van der Waals surface area contributed by atoms with Crippen LogP contribution in [0.2, 0.25) is 6.32 Å². The molecule has 0 aromatic heterocycles. The van der Waals surface area contributed by atoms with Crippen molar-refractivity contribution in [1.82, 2.24) is 0 Å². The summed E-state index contributed by atoms with van der Waals surface area (Å²) in [6.07, 6.45) is 3.81. The number of hydrogen-bond acceptors (Lipinski definition) is 2. The van der Waals surface area contributed by atoms with Crippen molar-refractivity contribution >= 4 is 7.12 Å². The molecule has 0 saturated heterocycles. The third kappa shape index (κ3) is 5.72. The first kappa shape index (κ1) is 6.72. The molecule has 0 heterocycles. The summed E-state index contributed by atoms with van der Waals surface area (Å²) in [6, 6.07) is 0. The second-order valence-electron chi connectivity index (χ2n) is 1.29. The lowest BCUT2D eigenvalue weighted by atomic mass is 9.86. The average Bonchev–Trinajstić information content (AvgIpc) is 1.61. The highest BCUT2D eigenvalue weighted by Gasteiger charge is 1.99. The largest absolute Gasteiger partial charge is 0.455 e. The number of allylic oxidation sites excluding steroid dienone is 2. The van der Waals surface area contributed by atoms with E-state index in [2.05, 4.69) is 0 Å². The van der Waals surface area contributed by atoms with E-state index >= 15 is 0 Å². The third-order valence-corrected chi connectivity index (χ3v) is 0.583. The summed E-state index contributed by atoms with van der Waals surface area (Å²) in [4.78, 5) is 0. The van der Waals surface area contributed by atoms with Crippen molar-refractivity contribution in [1.29, 1.82) is 0 Å². The summed E-state index contributed by atoms with van der Waals surface area (Å²) in [5.74, 6) is 0. The van der Waals surface area contributed by atoms with Crippen molar-refractivity contribution in [2.75, 3.05) is 0 Å². The van der Waals surface area contributed by atoms with Gasteiger partial charge in [-0.1, -0.05) is 12.2 Å². The summed E-state index contributed by atoms with van der Waals surface area (Å²) in [5, 5.41) is 16.4. The summed E-state index contributed by atoms with van der Waals surface area (Å²) in [6.45, 7) is 1.84. The minimum atomic E-state index is -1.18. The van der Waals surface area contributed by atoms with Crippen LogP contribution in [-0.4, -0.2) is 17.2 Å². The molecule has 0 aromatic carbocycles. The van der Waals surface area contributed by atoms with Crippen LogP contribution in [0, 0.1) is 0 Å². The second-order valence-corrected chi connectivity index (χ2v) is 1.29. The molecular formula is C4H9BO2. The molecule has 0 unspecified atom stereocenters. The molecular weight excluding hydrogens is 90.9 g/mol. The summed E-state index contributed by atoms with van der Waals surface area (Å²) in [7, 11) is -1.18. The monoisotopic (exact) mass is 100 g/mol. The van der Waals surface area contributed by atoms with Gasteiger partial charge in [0.15, 0.2) is 0 Å². The molecule has 2 nitrogen and oxygen atoms in total. The van der Waals surface area contributed by atoms with Crippen LogP contribution in [0.3, 0.4) is 0 Å². The van der Waals surface area contributed by atoms with E-state index in [1.165, 1.54) is 0 Å². The first-order valence-corrected chi connectivity index (χ1v) is 2.24. The zero-order chi connectivity index (χ0) is 5.70. The Hall–Kier alpha value is -0.275. The van der Waals surface area contributed by atoms with Crippen LogP contribution in [0.1, 0.15) is 6.92 Å². The molecule has 0 aliphatic heterocycles. The van der Waals surface area contributed by atoms with Gasteiger partial charge in [-0.25, -0.2) is 0 Å². The zero-order valence-corrected chi connectivity index (χ0v) is 4.33. The predicted molar refractivity (Wildman–Crippen MR) is 29.8 cm³/mol. The summed E-state index contributed by atoms with van der Waals surface area (Å²) in [5.41, 5.74) is 0. The lowest BCUT2D eigenvalue weighted by molar-refractivity contribution is 0.411. The normalized spacial score (nSPS) is 10.1. The van der Waals surface area contributed by atoms with Gasteiger partial charge in [0.1, 0.15) is 0 Å². The second kappa shape index (κ2) is 3.90. The van der Waals surface area contributed by atoms with Gasteiger partial charge >= 0.3 is 7.12 Å². The van der Waals surface area contributed by atoms with E-state index in [0.717, 1.165) is 0 Å².